The summed E-state index contributed by atoms with van der Waals surface area (Å²) in [6, 6.07) is 1.64. The summed E-state index contributed by atoms with van der Waals surface area (Å²) in [6.07, 6.45) is 5.02. The van der Waals surface area contributed by atoms with E-state index in [1.54, 1.807) is 23.1 Å². The smallest absolute Gasteiger partial charge is 0.252 e. The molecule has 0 fully saturated rings. The van der Waals surface area contributed by atoms with E-state index < -0.39 is 0 Å². The molecule has 2 heterocycles. The third kappa shape index (κ3) is 3.68. The second-order valence-electron chi connectivity index (χ2n) is 4.52. The molecule has 0 unspecified atom stereocenters. The van der Waals surface area contributed by atoms with Crippen molar-refractivity contribution in [3.8, 4) is 11.8 Å². The fourth-order valence-corrected chi connectivity index (χ4v) is 1.93. The summed E-state index contributed by atoms with van der Waals surface area (Å²) in [5, 5.41) is 7.11. The number of pyridine rings is 1. The van der Waals surface area contributed by atoms with E-state index in [4.69, 9.17) is 5.73 Å². The van der Waals surface area contributed by atoms with E-state index in [1.165, 1.54) is 0 Å². The van der Waals surface area contributed by atoms with Crippen LogP contribution in [0.5, 0.6) is 0 Å². The first-order valence-corrected chi connectivity index (χ1v) is 6.52. The van der Waals surface area contributed by atoms with Gasteiger partial charge < -0.3 is 11.1 Å². The topological polar surface area (TPSA) is 85.8 Å². The Morgan fingerprint density at radius 3 is 3.00 bits per heavy atom. The van der Waals surface area contributed by atoms with Crippen LogP contribution >= 0.6 is 0 Å². The lowest BCUT2D eigenvalue weighted by molar-refractivity contribution is 0.0950. The summed E-state index contributed by atoms with van der Waals surface area (Å²) in [5.41, 5.74) is 8.30. The highest BCUT2D eigenvalue weighted by Gasteiger charge is 2.11. The Bertz CT molecular complexity index is 708. The molecule has 6 nitrogen and oxygen atoms in total. The van der Waals surface area contributed by atoms with E-state index in [0.29, 0.717) is 17.7 Å². The van der Waals surface area contributed by atoms with Gasteiger partial charge in [-0.15, -0.1) is 0 Å². The van der Waals surface area contributed by atoms with Crippen LogP contribution in [0.15, 0.2) is 24.7 Å². The molecule has 0 aliphatic carbocycles. The van der Waals surface area contributed by atoms with Crippen molar-refractivity contribution in [3.05, 3.63) is 47.0 Å². The predicted molar refractivity (Wildman–Crippen MR) is 79.3 cm³/mol. The monoisotopic (exact) mass is 283 g/mol. The molecule has 0 saturated carbocycles. The lowest BCUT2D eigenvalue weighted by atomic mass is 10.1. The third-order valence-electron chi connectivity index (χ3n) is 2.95. The molecule has 0 aromatic carbocycles. The number of amides is 1. The predicted octanol–water partition coefficient (Wildman–Crippen LogP) is 0.364. The molecule has 2 rings (SSSR count). The Morgan fingerprint density at radius 2 is 2.33 bits per heavy atom. The summed E-state index contributed by atoms with van der Waals surface area (Å²) in [4.78, 5) is 16.2. The van der Waals surface area contributed by atoms with Crippen LogP contribution in [0.2, 0.25) is 0 Å². The van der Waals surface area contributed by atoms with Crippen LogP contribution in [0.25, 0.3) is 0 Å². The van der Waals surface area contributed by atoms with Crippen molar-refractivity contribution < 1.29 is 4.79 Å². The maximum absolute atomic E-state index is 12.3. The van der Waals surface area contributed by atoms with Gasteiger partial charge in [0.25, 0.3) is 5.91 Å². The van der Waals surface area contributed by atoms with Crippen LogP contribution in [0, 0.1) is 18.8 Å². The van der Waals surface area contributed by atoms with E-state index in [-0.39, 0.29) is 12.5 Å². The minimum atomic E-state index is -0.193. The lowest BCUT2D eigenvalue weighted by Crippen LogP contribution is -2.24. The molecule has 0 atom stereocenters. The third-order valence-corrected chi connectivity index (χ3v) is 2.95. The van der Waals surface area contributed by atoms with Gasteiger partial charge in [0, 0.05) is 37.7 Å². The highest BCUT2D eigenvalue weighted by molar-refractivity contribution is 5.96. The SMILES string of the molecule is Cc1nn(C)cc1CNC(=O)c1ccncc1C#CCN. The van der Waals surface area contributed by atoms with Gasteiger partial charge >= 0.3 is 0 Å². The summed E-state index contributed by atoms with van der Waals surface area (Å²) in [7, 11) is 1.85. The second-order valence-corrected chi connectivity index (χ2v) is 4.52. The van der Waals surface area contributed by atoms with Crippen molar-refractivity contribution in [2.45, 2.75) is 13.5 Å². The number of aromatic nitrogens is 3. The van der Waals surface area contributed by atoms with Crippen LogP contribution in [0.3, 0.4) is 0 Å². The molecule has 6 heteroatoms. The molecule has 0 saturated heterocycles. The van der Waals surface area contributed by atoms with E-state index in [9.17, 15) is 4.79 Å². The minimum absolute atomic E-state index is 0.193. The van der Waals surface area contributed by atoms with E-state index in [0.717, 1.165) is 11.3 Å². The lowest BCUT2D eigenvalue weighted by Gasteiger charge is -2.06. The molecule has 2 aromatic heterocycles. The summed E-state index contributed by atoms with van der Waals surface area (Å²) >= 11 is 0. The van der Waals surface area contributed by atoms with Crippen LogP contribution in [-0.4, -0.2) is 27.2 Å². The van der Waals surface area contributed by atoms with Crippen molar-refractivity contribution in [1.82, 2.24) is 20.1 Å². The quantitative estimate of drug-likeness (QED) is 0.797. The number of hydrogen-bond acceptors (Lipinski definition) is 4. The number of hydrogen-bond donors (Lipinski definition) is 2. The van der Waals surface area contributed by atoms with Crippen molar-refractivity contribution >= 4 is 5.91 Å². The van der Waals surface area contributed by atoms with Crippen molar-refractivity contribution in [3.63, 3.8) is 0 Å². The van der Waals surface area contributed by atoms with Gasteiger partial charge in [-0.2, -0.15) is 5.10 Å². The van der Waals surface area contributed by atoms with Crippen molar-refractivity contribution in [1.29, 1.82) is 0 Å². The van der Waals surface area contributed by atoms with Crippen molar-refractivity contribution in [2.24, 2.45) is 12.8 Å². The average molecular weight is 283 g/mol. The summed E-state index contributed by atoms with van der Waals surface area (Å²) < 4.78 is 1.72. The number of rotatable bonds is 3. The molecule has 0 radical (unpaired) electrons. The van der Waals surface area contributed by atoms with E-state index >= 15 is 0 Å². The van der Waals surface area contributed by atoms with E-state index in [2.05, 4.69) is 27.2 Å². The first-order valence-electron chi connectivity index (χ1n) is 6.52. The number of aryl methyl sites for hydroxylation is 2. The van der Waals surface area contributed by atoms with Crippen LogP contribution in [-0.2, 0) is 13.6 Å². The van der Waals surface area contributed by atoms with E-state index in [1.807, 2.05) is 20.2 Å². The molecular weight excluding hydrogens is 266 g/mol. The zero-order valence-corrected chi connectivity index (χ0v) is 12.1. The fourth-order valence-electron chi connectivity index (χ4n) is 1.93. The molecule has 108 valence electrons. The Balaban J connectivity index is 2.12. The normalized spacial score (nSPS) is 9.86. The van der Waals surface area contributed by atoms with Gasteiger partial charge in [-0.25, -0.2) is 0 Å². The molecule has 1 amide bonds. The summed E-state index contributed by atoms with van der Waals surface area (Å²) in [5.74, 6) is 5.39. The van der Waals surface area contributed by atoms with Crippen LogP contribution < -0.4 is 11.1 Å². The molecule has 0 aliphatic heterocycles. The van der Waals surface area contributed by atoms with Gasteiger partial charge in [0.1, 0.15) is 0 Å². The maximum atomic E-state index is 12.3. The largest absolute Gasteiger partial charge is 0.348 e. The Labute approximate surface area is 123 Å². The van der Waals surface area contributed by atoms with Crippen LogP contribution in [0.4, 0.5) is 0 Å². The van der Waals surface area contributed by atoms with Gasteiger partial charge in [-0.05, 0) is 13.0 Å². The number of carbonyl (C=O) groups is 1. The zero-order valence-electron chi connectivity index (χ0n) is 12.1. The Hall–Kier alpha value is -2.65. The molecule has 3 N–H and O–H groups in total. The molecule has 0 bridgehead atoms. The Kier molecular flexibility index (Phi) is 4.69. The van der Waals surface area contributed by atoms with Gasteiger partial charge in [0.05, 0.1) is 23.4 Å². The molecule has 0 spiro atoms. The van der Waals surface area contributed by atoms with Crippen LogP contribution in [0.1, 0.15) is 27.2 Å². The van der Waals surface area contributed by atoms with Gasteiger partial charge in [0.2, 0.25) is 0 Å². The first kappa shape index (κ1) is 14.8. The average Bonchev–Trinajstić information content (AvgIpc) is 2.81. The Morgan fingerprint density at radius 1 is 1.52 bits per heavy atom. The van der Waals surface area contributed by atoms with Gasteiger partial charge in [-0.1, -0.05) is 11.8 Å². The standard InChI is InChI=1S/C15H17N5O/c1-11-13(10-20(2)19-11)9-18-15(21)14-5-7-17-8-12(14)4-3-6-16/h5,7-8,10H,6,9,16H2,1-2H3,(H,18,21). The second kappa shape index (κ2) is 6.68. The number of nitrogens with zero attached hydrogens (tertiary/aromatic N) is 3. The number of carbonyl (C=O) groups excluding carboxylic acids is 1. The molecule has 2 aromatic rings. The maximum Gasteiger partial charge on any atom is 0.252 e. The fraction of sp³-hybridized carbons (Fsp3) is 0.267. The minimum Gasteiger partial charge on any atom is -0.348 e. The molecule has 21 heavy (non-hydrogen) atoms. The van der Waals surface area contributed by atoms with Crippen molar-refractivity contribution in [2.75, 3.05) is 6.54 Å². The van der Waals surface area contributed by atoms with Gasteiger partial charge in [-0.3, -0.25) is 14.5 Å². The first-order chi connectivity index (χ1) is 10.1. The highest BCUT2D eigenvalue weighted by Crippen LogP contribution is 2.08. The highest BCUT2D eigenvalue weighted by atomic mass is 16.1. The number of nitrogens with one attached hydrogen (secondary N) is 1. The molecule has 0 aliphatic rings. The summed E-state index contributed by atoms with van der Waals surface area (Å²) in [6.45, 7) is 2.57. The zero-order chi connectivity index (χ0) is 15.2. The van der Waals surface area contributed by atoms with Gasteiger partial charge in [0.15, 0.2) is 0 Å². The molecular formula is C15H17N5O. The number of nitrogens with two attached hydrogens (primary N) is 1.